The van der Waals surface area contributed by atoms with Gasteiger partial charge in [0.25, 0.3) is 5.91 Å². The van der Waals surface area contributed by atoms with Gasteiger partial charge in [-0.1, -0.05) is 6.07 Å². The van der Waals surface area contributed by atoms with Crippen molar-refractivity contribution in [2.45, 2.75) is 46.3 Å². The highest BCUT2D eigenvalue weighted by atomic mass is 16.6. The minimum Gasteiger partial charge on any atom is -0.506 e. The van der Waals surface area contributed by atoms with Gasteiger partial charge in [0.05, 0.1) is 12.2 Å². The van der Waals surface area contributed by atoms with Gasteiger partial charge >= 0.3 is 6.09 Å². The summed E-state index contributed by atoms with van der Waals surface area (Å²) in [7, 11) is 1.78. The van der Waals surface area contributed by atoms with Crippen LogP contribution in [0.15, 0.2) is 18.2 Å². The zero-order chi connectivity index (χ0) is 20.6. The SMILES string of the molecule is Cc1ccc(NC(=O)c2nn(C)c3c2CN(C(=O)OC(C)(C)C)CC3)c(O)c1. The van der Waals surface area contributed by atoms with E-state index in [9.17, 15) is 14.7 Å². The van der Waals surface area contributed by atoms with Crippen LogP contribution in [-0.2, 0) is 24.8 Å². The van der Waals surface area contributed by atoms with Crippen molar-refractivity contribution >= 4 is 17.7 Å². The van der Waals surface area contributed by atoms with E-state index in [2.05, 4.69) is 10.4 Å². The highest BCUT2D eigenvalue weighted by molar-refractivity contribution is 6.04. The first-order valence-electron chi connectivity index (χ1n) is 9.19. The topological polar surface area (TPSA) is 96.7 Å². The maximum Gasteiger partial charge on any atom is 0.410 e. The van der Waals surface area contributed by atoms with Crippen LogP contribution in [0.1, 0.15) is 48.1 Å². The van der Waals surface area contributed by atoms with Gasteiger partial charge < -0.3 is 20.1 Å². The van der Waals surface area contributed by atoms with Crippen molar-refractivity contribution in [3.63, 3.8) is 0 Å². The number of carbonyl (C=O) groups is 2. The molecule has 0 bridgehead atoms. The summed E-state index contributed by atoms with van der Waals surface area (Å²) < 4.78 is 7.12. The summed E-state index contributed by atoms with van der Waals surface area (Å²) in [6.07, 6.45) is 0.172. The molecule has 1 aliphatic rings. The van der Waals surface area contributed by atoms with Crippen LogP contribution < -0.4 is 5.32 Å². The number of anilines is 1. The van der Waals surface area contributed by atoms with E-state index in [1.165, 1.54) is 0 Å². The highest BCUT2D eigenvalue weighted by Crippen LogP contribution is 2.27. The van der Waals surface area contributed by atoms with Crippen molar-refractivity contribution < 1.29 is 19.4 Å². The first kappa shape index (κ1) is 19.7. The van der Waals surface area contributed by atoms with E-state index in [-0.39, 0.29) is 18.0 Å². The fraction of sp³-hybridized carbons (Fsp3) is 0.450. The number of carbonyl (C=O) groups excluding carboxylic acids is 2. The summed E-state index contributed by atoms with van der Waals surface area (Å²) in [5, 5.41) is 17.1. The molecule has 0 unspecified atom stereocenters. The molecule has 8 heteroatoms. The average Bonchev–Trinajstić information content (AvgIpc) is 2.92. The predicted octanol–water partition coefficient (Wildman–Crippen LogP) is 2.98. The summed E-state index contributed by atoms with van der Waals surface area (Å²) in [5.74, 6) is -0.435. The van der Waals surface area contributed by atoms with Crippen LogP contribution in [0.4, 0.5) is 10.5 Å². The number of rotatable bonds is 2. The number of phenolic OH excluding ortho intramolecular Hbond substituents is 1. The summed E-state index contributed by atoms with van der Waals surface area (Å²) in [5.41, 5.74) is 2.47. The number of ether oxygens (including phenoxy) is 1. The van der Waals surface area contributed by atoms with Crippen LogP contribution in [0, 0.1) is 6.92 Å². The van der Waals surface area contributed by atoms with Gasteiger partial charge in [-0.15, -0.1) is 0 Å². The molecule has 150 valence electrons. The molecule has 0 fully saturated rings. The minimum atomic E-state index is -0.588. The molecule has 0 radical (unpaired) electrons. The molecule has 0 atom stereocenters. The van der Waals surface area contributed by atoms with Crippen molar-refractivity contribution in [1.82, 2.24) is 14.7 Å². The normalized spacial score (nSPS) is 13.8. The van der Waals surface area contributed by atoms with Crippen LogP contribution in [0.25, 0.3) is 0 Å². The Morgan fingerprint density at radius 1 is 1.29 bits per heavy atom. The molecule has 0 saturated carbocycles. The number of aromatic nitrogens is 2. The Bertz CT molecular complexity index is 927. The second-order valence-corrected chi connectivity index (χ2v) is 8.02. The van der Waals surface area contributed by atoms with Crippen molar-refractivity contribution in [2.75, 3.05) is 11.9 Å². The third kappa shape index (κ3) is 4.11. The summed E-state index contributed by atoms with van der Waals surface area (Å²) >= 11 is 0. The molecule has 3 rings (SSSR count). The molecule has 0 spiro atoms. The lowest BCUT2D eigenvalue weighted by Crippen LogP contribution is -2.40. The number of phenols is 1. The van der Waals surface area contributed by atoms with E-state index in [1.807, 2.05) is 27.7 Å². The maximum absolute atomic E-state index is 12.8. The molecule has 28 heavy (non-hydrogen) atoms. The van der Waals surface area contributed by atoms with Gasteiger partial charge in [0.2, 0.25) is 0 Å². The van der Waals surface area contributed by atoms with Gasteiger partial charge in [-0.3, -0.25) is 9.48 Å². The summed E-state index contributed by atoms with van der Waals surface area (Å²) in [4.78, 5) is 26.8. The van der Waals surface area contributed by atoms with Crippen molar-refractivity contribution in [1.29, 1.82) is 0 Å². The Labute approximate surface area is 164 Å². The van der Waals surface area contributed by atoms with Gasteiger partial charge in [-0.05, 0) is 45.4 Å². The van der Waals surface area contributed by atoms with Crippen LogP contribution in [0.2, 0.25) is 0 Å². The fourth-order valence-corrected chi connectivity index (χ4v) is 3.19. The monoisotopic (exact) mass is 386 g/mol. The number of aromatic hydroxyl groups is 1. The first-order chi connectivity index (χ1) is 13.0. The van der Waals surface area contributed by atoms with Gasteiger partial charge in [0.15, 0.2) is 5.69 Å². The fourth-order valence-electron chi connectivity index (χ4n) is 3.19. The Balaban J connectivity index is 1.83. The van der Waals surface area contributed by atoms with Crippen LogP contribution in [0.5, 0.6) is 5.75 Å². The summed E-state index contributed by atoms with van der Waals surface area (Å²) in [6.45, 7) is 8.06. The number of fused-ring (bicyclic) bond motifs is 1. The molecule has 2 aromatic rings. The molecule has 1 aliphatic heterocycles. The summed E-state index contributed by atoms with van der Waals surface area (Å²) in [6, 6.07) is 5.02. The number of aryl methyl sites for hydroxylation is 2. The number of nitrogens with zero attached hydrogens (tertiary/aromatic N) is 3. The van der Waals surface area contributed by atoms with Gasteiger partial charge in [-0.25, -0.2) is 4.79 Å². The Morgan fingerprint density at radius 2 is 2.00 bits per heavy atom. The molecule has 2 amide bonds. The third-order valence-electron chi connectivity index (χ3n) is 4.51. The second-order valence-electron chi connectivity index (χ2n) is 8.02. The molecule has 0 saturated heterocycles. The predicted molar refractivity (Wildman–Crippen MR) is 104 cm³/mol. The molecule has 1 aromatic carbocycles. The number of nitrogens with one attached hydrogen (secondary N) is 1. The Hall–Kier alpha value is -3.03. The number of hydrogen-bond donors (Lipinski definition) is 2. The van der Waals surface area contributed by atoms with Gasteiger partial charge in [0, 0.05) is 31.3 Å². The Kier molecular flexibility index (Phi) is 5.06. The van der Waals surface area contributed by atoms with E-state index in [0.717, 1.165) is 11.3 Å². The van der Waals surface area contributed by atoms with Crippen LogP contribution in [0.3, 0.4) is 0 Å². The minimum absolute atomic E-state index is 0.00599. The molecular formula is C20H26N4O4. The second kappa shape index (κ2) is 7.18. The lowest BCUT2D eigenvalue weighted by Gasteiger charge is -2.30. The van der Waals surface area contributed by atoms with E-state index in [1.54, 1.807) is 34.8 Å². The average molecular weight is 386 g/mol. The smallest absolute Gasteiger partial charge is 0.410 e. The molecule has 0 aliphatic carbocycles. The maximum atomic E-state index is 12.8. The van der Waals surface area contributed by atoms with E-state index in [4.69, 9.17) is 4.74 Å². The Morgan fingerprint density at radius 3 is 2.64 bits per heavy atom. The largest absolute Gasteiger partial charge is 0.506 e. The quantitative estimate of drug-likeness (QED) is 0.774. The van der Waals surface area contributed by atoms with E-state index >= 15 is 0 Å². The third-order valence-corrected chi connectivity index (χ3v) is 4.51. The number of amides is 2. The number of benzene rings is 1. The van der Waals surface area contributed by atoms with E-state index in [0.29, 0.717) is 24.2 Å². The number of hydrogen-bond acceptors (Lipinski definition) is 5. The van der Waals surface area contributed by atoms with Crippen molar-refractivity contribution in [3.05, 3.63) is 40.7 Å². The lowest BCUT2D eigenvalue weighted by atomic mass is 10.0. The molecule has 1 aromatic heterocycles. The molecule has 8 nitrogen and oxygen atoms in total. The van der Waals surface area contributed by atoms with Crippen LogP contribution in [-0.4, -0.2) is 43.9 Å². The highest BCUT2D eigenvalue weighted by Gasteiger charge is 2.31. The van der Waals surface area contributed by atoms with Crippen molar-refractivity contribution in [3.8, 4) is 5.75 Å². The lowest BCUT2D eigenvalue weighted by molar-refractivity contribution is 0.0222. The van der Waals surface area contributed by atoms with Crippen molar-refractivity contribution in [2.24, 2.45) is 7.05 Å². The zero-order valence-corrected chi connectivity index (χ0v) is 16.9. The van der Waals surface area contributed by atoms with Gasteiger partial charge in [-0.2, -0.15) is 5.10 Å². The first-order valence-corrected chi connectivity index (χ1v) is 9.19. The standard InChI is InChI=1S/C20H26N4O4/c1-12-6-7-14(16(25)10-12)21-18(26)17-13-11-24(19(27)28-20(2,3)4)9-8-15(13)23(5)22-17/h6-7,10,25H,8-9,11H2,1-5H3,(H,21,26). The zero-order valence-electron chi connectivity index (χ0n) is 16.9. The molecule has 2 N–H and O–H groups in total. The molecule has 2 heterocycles. The van der Waals surface area contributed by atoms with Gasteiger partial charge in [0.1, 0.15) is 11.4 Å². The molecular weight excluding hydrogens is 360 g/mol. The van der Waals surface area contributed by atoms with E-state index < -0.39 is 17.6 Å². The van der Waals surface area contributed by atoms with Crippen LogP contribution >= 0.6 is 0 Å².